The third-order valence-corrected chi connectivity index (χ3v) is 2.24. The number of pyridine rings is 1. The van der Waals surface area contributed by atoms with Crippen molar-refractivity contribution in [2.24, 2.45) is 0 Å². The van der Waals surface area contributed by atoms with Crippen molar-refractivity contribution < 1.29 is 9.53 Å². The molecule has 0 saturated carbocycles. The number of rotatable bonds is 3. The van der Waals surface area contributed by atoms with E-state index in [-0.39, 0.29) is 5.91 Å². The summed E-state index contributed by atoms with van der Waals surface area (Å²) >= 11 is 0. The minimum atomic E-state index is -0.189. The Bertz CT molecular complexity index is 512. The number of anilines is 1. The van der Waals surface area contributed by atoms with Crippen LogP contribution >= 0.6 is 0 Å². The lowest BCUT2D eigenvalue weighted by molar-refractivity contribution is 0.102. The second-order valence-corrected chi connectivity index (χ2v) is 3.40. The predicted octanol–water partition coefficient (Wildman–Crippen LogP) is 2.34. The maximum Gasteiger partial charge on any atom is 0.256 e. The molecule has 1 aromatic heterocycles. The van der Waals surface area contributed by atoms with Gasteiger partial charge in [0, 0.05) is 17.8 Å². The van der Waals surface area contributed by atoms with Crippen LogP contribution in [0.1, 0.15) is 10.4 Å². The number of carbonyl (C=O) groups is 1. The number of methoxy groups -OCH3 is 1. The average molecular weight is 228 g/mol. The van der Waals surface area contributed by atoms with Gasteiger partial charge in [0.05, 0.1) is 7.11 Å². The number of hydrogen-bond acceptors (Lipinski definition) is 3. The van der Waals surface area contributed by atoms with Crippen LogP contribution in [0.5, 0.6) is 5.75 Å². The first-order valence-corrected chi connectivity index (χ1v) is 5.16. The lowest BCUT2D eigenvalue weighted by Gasteiger charge is -2.05. The third-order valence-electron chi connectivity index (χ3n) is 2.24. The van der Waals surface area contributed by atoms with E-state index < -0.39 is 0 Å². The molecule has 4 nitrogen and oxygen atoms in total. The van der Waals surface area contributed by atoms with Gasteiger partial charge in [-0.2, -0.15) is 0 Å². The van der Waals surface area contributed by atoms with Crippen molar-refractivity contribution in [3.8, 4) is 5.75 Å². The van der Waals surface area contributed by atoms with E-state index >= 15 is 0 Å². The molecule has 86 valence electrons. The summed E-state index contributed by atoms with van der Waals surface area (Å²) in [7, 11) is 1.57. The number of hydrogen-bond donors (Lipinski definition) is 1. The number of ether oxygens (including phenoxy) is 1. The molecule has 2 rings (SSSR count). The molecule has 0 aliphatic heterocycles. The molecule has 1 amide bonds. The molecule has 1 heterocycles. The van der Waals surface area contributed by atoms with Crippen molar-refractivity contribution >= 4 is 11.7 Å². The van der Waals surface area contributed by atoms with Gasteiger partial charge in [-0.25, -0.2) is 4.98 Å². The number of nitrogens with zero attached hydrogens (tertiary/aromatic N) is 1. The number of benzene rings is 1. The first kappa shape index (κ1) is 11.1. The molecule has 0 spiro atoms. The normalized spacial score (nSPS) is 9.71. The van der Waals surface area contributed by atoms with E-state index in [1.165, 1.54) is 0 Å². The van der Waals surface area contributed by atoms with E-state index in [1.807, 2.05) is 18.2 Å². The van der Waals surface area contributed by atoms with E-state index in [0.29, 0.717) is 17.1 Å². The first-order valence-electron chi connectivity index (χ1n) is 5.16. The van der Waals surface area contributed by atoms with Crippen LogP contribution in [0.25, 0.3) is 0 Å². The Balaban J connectivity index is 2.13. The Labute approximate surface area is 99.3 Å². The van der Waals surface area contributed by atoms with Crippen LogP contribution < -0.4 is 10.1 Å². The highest BCUT2D eigenvalue weighted by atomic mass is 16.5. The van der Waals surface area contributed by atoms with Crippen LogP contribution in [-0.4, -0.2) is 18.0 Å². The van der Waals surface area contributed by atoms with E-state index in [2.05, 4.69) is 10.3 Å². The van der Waals surface area contributed by atoms with Gasteiger partial charge in [0.1, 0.15) is 11.6 Å². The van der Waals surface area contributed by atoms with Crippen LogP contribution in [0.2, 0.25) is 0 Å². The van der Waals surface area contributed by atoms with Gasteiger partial charge in [0.25, 0.3) is 5.91 Å². The molecule has 0 unspecified atom stereocenters. The molecule has 0 radical (unpaired) electrons. The Morgan fingerprint density at radius 2 is 2.00 bits per heavy atom. The fourth-order valence-electron chi connectivity index (χ4n) is 1.38. The van der Waals surface area contributed by atoms with Crippen molar-refractivity contribution in [1.82, 2.24) is 4.98 Å². The summed E-state index contributed by atoms with van der Waals surface area (Å²) in [5.41, 5.74) is 0.595. The summed E-state index contributed by atoms with van der Waals surface area (Å²) in [5, 5.41) is 2.70. The Hall–Kier alpha value is -2.36. The average Bonchev–Trinajstić information content (AvgIpc) is 2.40. The van der Waals surface area contributed by atoms with E-state index in [1.54, 1.807) is 37.6 Å². The summed E-state index contributed by atoms with van der Waals surface area (Å²) < 4.78 is 5.05. The van der Waals surface area contributed by atoms with Gasteiger partial charge in [0.15, 0.2) is 0 Å². The second-order valence-electron chi connectivity index (χ2n) is 3.40. The van der Waals surface area contributed by atoms with E-state index in [4.69, 9.17) is 4.74 Å². The van der Waals surface area contributed by atoms with Crippen LogP contribution in [0.4, 0.5) is 5.82 Å². The Morgan fingerprint density at radius 1 is 1.24 bits per heavy atom. The van der Waals surface area contributed by atoms with Gasteiger partial charge in [0.2, 0.25) is 0 Å². The molecule has 0 aliphatic rings. The van der Waals surface area contributed by atoms with Crippen LogP contribution in [0.15, 0.2) is 48.7 Å². The highest BCUT2D eigenvalue weighted by molar-refractivity contribution is 6.03. The highest BCUT2D eigenvalue weighted by Crippen LogP contribution is 2.14. The molecule has 4 heteroatoms. The number of aromatic nitrogens is 1. The fraction of sp³-hybridized carbons (Fsp3) is 0.0769. The summed E-state index contributed by atoms with van der Waals surface area (Å²) in [6.45, 7) is 0. The van der Waals surface area contributed by atoms with Gasteiger partial charge < -0.3 is 10.1 Å². The van der Waals surface area contributed by atoms with Crippen LogP contribution in [-0.2, 0) is 0 Å². The van der Waals surface area contributed by atoms with Gasteiger partial charge in [-0.15, -0.1) is 0 Å². The molecule has 0 aliphatic carbocycles. The van der Waals surface area contributed by atoms with Gasteiger partial charge >= 0.3 is 0 Å². The summed E-state index contributed by atoms with van der Waals surface area (Å²) in [6, 6.07) is 12.4. The van der Waals surface area contributed by atoms with Crippen molar-refractivity contribution in [3.05, 3.63) is 54.2 Å². The summed E-state index contributed by atoms with van der Waals surface area (Å²) in [4.78, 5) is 15.9. The molecule has 17 heavy (non-hydrogen) atoms. The summed E-state index contributed by atoms with van der Waals surface area (Å²) in [6.07, 6.45) is 1.58. The largest absolute Gasteiger partial charge is 0.497 e. The van der Waals surface area contributed by atoms with Crippen LogP contribution in [0, 0.1) is 0 Å². The van der Waals surface area contributed by atoms with Gasteiger partial charge in [-0.05, 0) is 18.2 Å². The minimum Gasteiger partial charge on any atom is -0.497 e. The molecule has 0 atom stereocenters. The number of carbonyl (C=O) groups excluding carboxylic acids is 1. The SMILES string of the molecule is COc1ccnc(NC(=O)c2ccccc2)c1. The maximum absolute atomic E-state index is 11.8. The van der Waals surface area contributed by atoms with Crippen molar-refractivity contribution in [2.45, 2.75) is 0 Å². The second kappa shape index (κ2) is 5.12. The monoisotopic (exact) mass is 228 g/mol. The van der Waals surface area contributed by atoms with Gasteiger partial charge in [-0.3, -0.25) is 4.79 Å². The fourth-order valence-corrected chi connectivity index (χ4v) is 1.38. The zero-order valence-corrected chi connectivity index (χ0v) is 9.38. The molecule has 1 aromatic carbocycles. The lowest BCUT2D eigenvalue weighted by atomic mass is 10.2. The molecule has 0 bridgehead atoms. The predicted molar refractivity (Wildman–Crippen MR) is 65.2 cm³/mol. The number of nitrogens with one attached hydrogen (secondary N) is 1. The van der Waals surface area contributed by atoms with E-state index in [0.717, 1.165) is 0 Å². The van der Waals surface area contributed by atoms with E-state index in [9.17, 15) is 4.79 Å². The zero-order chi connectivity index (χ0) is 12.1. The molecule has 1 N–H and O–H groups in total. The van der Waals surface area contributed by atoms with Crippen molar-refractivity contribution in [1.29, 1.82) is 0 Å². The Kier molecular flexibility index (Phi) is 3.35. The first-order chi connectivity index (χ1) is 8.29. The molecule has 2 aromatic rings. The van der Waals surface area contributed by atoms with Gasteiger partial charge in [-0.1, -0.05) is 18.2 Å². The highest BCUT2D eigenvalue weighted by Gasteiger charge is 2.06. The Morgan fingerprint density at radius 3 is 2.71 bits per heavy atom. The topological polar surface area (TPSA) is 51.2 Å². The standard InChI is InChI=1S/C13H12N2O2/c1-17-11-7-8-14-12(9-11)15-13(16)10-5-3-2-4-6-10/h2-9H,1H3,(H,14,15,16). The quantitative estimate of drug-likeness (QED) is 0.877. The molecule has 0 saturated heterocycles. The van der Waals surface area contributed by atoms with Crippen LogP contribution in [0.3, 0.4) is 0 Å². The molecular weight excluding hydrogens is 216 g/mol. The lowest BCUT2D eigenvalue weighted by Crippen LogP contribution is -2.12. The molecule has 0 fully saturated rings. The smallest absolute Gasteiger partial charge is 0.256 e. The maximum atomic E-state index is 11.8. The van der Waals surface area contributed by atoms with Crippen molar-refractivity contribution in [2.75, 3.05) is 12.4 Å². The summed E-state index contributed by atoms with van der Waals surface area (Å²) in [5.74, 6) is 0.938. The number of amides is 1. The molecular formula is C13H12N2O2. The third kappa shape index (κ3) is 2.81. The minimum absolute atomic E-state index is 0.189. The zero-order valence-electron chi connectivity index (χ0n) is 9.38. The van der Waals surface area contributed by atoms with Crippen molar-refractivity contribution in [3.63, 3.8) is 0 Å².